The first kappa shape index (κ1) is 14.5. The average molecular weight is 322 g/mol. The maximum Gasteiger partial charge on any atom is 0.271 e. The Hall–Kier alpha value is -2.47. The van der Waals surface area contributed by atoms with Crippen molar-refractivity contribution in [1.29, 1.82) is 0 Å². The number of amides is 1. The molecular weight excluding hydrogens is 312 g/mol. The van der Waals surface area contributed by atoms with Crippen LogP contribution in [0.25, 0.3) is 5.65 Å². The highest BCUT2D eigenvalue weighted by Crippen LogP contribution is 2.12. The first-order valence-electron chi connectivity index (χ1n) is 6.39. The van der Waals surface area contributed by atoms with Gasteiger partial charge in [-0.2, -0.15) is 0 Å². The van der Waals surface area contributed by atoms with Gasteiger partial charge < -0.3 is 9.72 Å². The summed E-state index contributed by atoms with van der Waals surface area (Å²) >= 11 is 5.86. The molecule has 22 heavy (non-hydrogen) atoms. The first-order valence-corrected chi connectivity index (χ1v) is 6.77. The third kappa shape index (κ3) is 2.92. The molecule has 3 aromatic rings. The number of hydrogen-bond acceptors (Lipinski definition) is 2. The highest BCUT2D eigenvalue weighted by Gasteiger charge is 2.12. The number of halogens is 3. The van der Waals surface area contributed by atoms with Crippen molar-refractivity contribution in [2.45, 2.75) is 6.54 Å². The van der Waals surface area contributed by atoms with Crippen LogP contribution in [0.2, 0.25) is 5.02 Å². The molecular formula is C15H10ClF2N3O. The maximum atomic E-state index is 13.5. The number of rotatable bonds is 3. The molecule has 0 unspecified atom stereocenters. The fourth-order valence-corrected chi connectivity index (χ4v) is 2.17. The van der Waals surface area contributed by atoms with Crippen LogP contribution in [-0.2, 0) is 6.54 Å². The van der Waals surface area contributed by atoms with Crippen molar-refractivity contribution < 1.29 is 13.6 Å². The van der Waals surface area contributed by atoms with Gasteiger partial charge in [-0.3, -0.25) is 4.79 Å². The van der Waals surface area contributed by atoms with Gasteiger partial charge in [-0.05, 0) is 18.2 Å². The smallest absolute Gasteiger partial charge is 0.271 e. The molecule has 0 atom stereocenters. The molecule has 0 radical (unpaired) electrons. The molecule has 112 valence electrons. The van der Waals surface area contributed by atoms with Gasteiger partial charge in [0.1, 0.15) is 23.0 Å². The Balaban J connectivity index is 1.75. The van der Waals surface area contributed by atoms with E-state index in [1.807, 2.05) is 0 Å². The first-order chi connectivity index (χ1) is 10.5. The molecule has 0 spiro atoms. The molecule has 4 nitrogen and oxygen atoms in total. The fourth-order valence-electron chi connectivity index (χ4n) is 2.01. The van der Waals surface area contributed by atoms with Gasteiger partial charge >= 0.3 is 0 Å². The van der Waals surface area contributed by atoms with Crippen molar-refractivity contribution in [2.75, 3.05) is 0 Å². The number of aromatic nitrogens is 2. The van der Waals surface area contributed by atoms with E-state index in [9.17, 15) is 13.6 Å². The second-order valence-electron chi connectivity index (χ2n) is 4.66. The minimum absolute atomic E-state index is 0.0560. The molecule has 0 bridgehead atoms. The van der Waals surface area contributed by atoms with Gasteiger partial charge in [0, 0.05) is 30.6 Å². The average Bonchev–Trinajstić information content (AvgIpc) is 2.89. The summed E-state index contributed by atoms with van der Waals surface area (Å²) in [5.41, 5.74) is 0.953. The lowest BCUT2D eigenvalue weighted by Crippen LogP contribution is -2.23. The zero-order valence-corrected chi connectivity index (χ0v) is 11.9. The van der Waals surface area contributed by atoms with E-state index in [-0.39, 0.29) is 17.8 Å². The highest BCUT2D eigenvalue weighted by atomic mass is 35.5. The van der Waals surface area contributed by atoms with E-state index in [2.05, 4.69) is 10.3 Å². The van der Waals surface area contributed by atoms with Crippen molar-refractivity contribution in [3.05, 3.63) is 70.6 Å². The molecule has 0 aliphatic carbocycles. The van der Waals surface area contributed by atoms with Crippen LogP contribution in [0.1, 0.15) is 16.1 Å². The van der Waals surface area contributed by atoms with Crippen LogP contribution in [0.4, 0.5) is 8.78 Å². The Bertz CT molecular complexity index is 863. The lowest BCUT2D eigenvalue weighted by molar-refractivity contribution is 0.0946. The van der Waals surface area contributed by atoms with E-state index < -0.39 is 17.5 Å². The molecule has 1 amide bonds. The van der Waals surface area contributed by atoms with Gasteiger partial charge in [-0.25, -0.2) is 13.8 Å². The minimum Gasteiger partial charge on any atom is -0.346 e. The van der Waals surface area contributed by atoms with Crippen molar-refractivity contribution in [3.63, 3.8) is 0 Å². The predicted octanol–water partition coefficient (Wildman–Crippen LogP) is 3.20. The summed E-state index contributed by atoms with van der Waals surface area (Å²) in [5, 5.41) is 3.06. The quantitative estimate of drug-likeness (QED) is 0.805. The molecule has 0 aliphatic heterocycles. The Morgan fingerprint density at radius 2 is 2.05 bits per heavy atom. The van der Waals surface area contributed by atoms with Crippen LogP contribution >= 0.6 is 11.6 Å². The van der Waals surface area contributed by atoms with E-state index in [0.717, 1.165) is 12.1 Å². The number of carbonyl (C=O) groups excluding carboxylic acids is 1. The largest absolute Gasteiger partial charge is 0.346 e. The number of benzene rings is 1. The molecule has 1 N–H and O–H groups in total. The zero-order chi connectivity index (χ0) is 15.7. The molecule has 7 heteroatoms. The molecule has 2 aromatic heterocycles. The SMILES string of the molecule is O=C(NCc1ccc(F)cc1F)c1cn2cc(Cl)ccc2n1. The summed E-state index contributed by atoms with van der Waals surface area (Å²) in [6, 6.07) is 6.54. The molecule has 1 aromatic carbocycles. The van der Waals surface area contributed by atoms with Gasteiger partial charge in [0.15, 0.2) is 0 Å². The van der Waals surface area contributed by atoms with Crippen molar-refractivity contribution in [2.24, 2.45) is 0 Å². The van der Waals surface area contributed by atoms with Crippen LogP contribution in [0.5, 0.6) is 0 Å². The summed E-state index contributed by atoms with van der Waals surface area (Å²) < 4.78 is 27.9. The molecule has 0 saturated heterocycles. The number of fused-ring (bicyclic) bond motifs is 1. The van der Waals surface area contributed by atoms with Crippen molar-refractivity contribution in [1.82, 2.24) is 14.7 Å². The summed E-state index contributed by atoms with van der Waals surface area (Å²) in [6.45, 7) is -0.0560. The van der Waals surface area contributed by atoms with E-state index in [1.54, 1.807) is 22.7 Å². The number of pyridine rings is 1. The normalized spacial score (nSPS) is 10.9. The molecule has 2 heterocycles. The summed E-state index contributed by atoms with van der Waals surface area (Å²) in [6.07, 6.45) is 3.15. The van der Waals surface area contributed by atoms with Crippen LogP contribution < -0.4 is 5.32 Å². The summed E-state index contributed by atoms with van der Waals surface area (Å²) in [4.78, 5) is 16.2. The Morgan fingerprint density at radius 3 is 2.82 bits per heavy atom. The van der Waals surface area contributed by atoms with E-state index in [0.29, 0.717) is 10.7 Å². The molecule has 0 fully saturated rings. The Labute approximate surface area is 129 Å². The molecule has 0 saturated carbocycles. The topological polar surface area (TPSA) is 46.4 Å². The Kier molecular flexibility index (Phi) is 3.77. The number of hydrogen-bond donors (Lipinski definition) is 1. The van der Waals surface area contributed by atoms with Crippen LogP contribution in [0.3, 0.4) is 0 Å². The number of imidazole rings is 1. The highest BCUT2D eigenvalue weighted by molar-refractivity contribution is 6.30. The third-order valence-electron chi connectivity index (χ3n) is 3.10. The second-order valence-corrected chi connectivity index (χ2v) is 5.09. The minimum atomic E-state index is -0.706. The predicted molar refractivity (Wildman–Crippen MR) is 77.7 cm³/mol. The monoisotopic (exact) mass is 321 g/mol. The maximum absolute atomic E-state index is 13.5. The van der Waals surface area contributed by atoms with Gasteiger partial charge in [0.2, 0.25) is 0 Å². The fraction of sp³-hybridized carbons (Fsp3) is 0.0667. The lowest BCUT2D eigenvalue weighted by Gasteiger charge is -2.04. The number of carbonyl (C=O) groups is 1. The standard InChI is InChI=1S/C15H10ClF2N3O/c16-10-2-4-14-20-13(8-21(14)7-10)15(22)19-6-9-1-3-11(17)5-12(9)18/h1-5,7-8H,6H2,(H,19,22). The zero-order valence-electron chi connectivity index (χ0n) is 11.2. The lowest BCUT2D eigenvalue weighted by atomic mass is 10.2. The van der Waals surface area contributed by atoms with Gasteiger partial charge in [0.05, 0.1) is 5.02 Å². The van der Waals surface area contributed by atoms with Gasteiger partial charge in [0.25, 0.3) is 5.91 Å². The van der Waals surface area contributed by atoms with E-state index in [4.69, 9.17) is 11.6 Å². The summed E-state index contributed by atoms with van der Waals surface area (Å²) in [7, 11) is 0. The van der Waals surface area contributed by atoms with Crippen LogP contribution in [0.15, 0.2) is 42.7 Å². The van der Waals surface area contributed by atoms with Crippen molar-refractivity contribution >= 4 is 23.2 Å². The van der Waals surface area contributed by atoms with Crippen molar-refractivity contribution in [3.8, 4) is 0 Å². The third-order valence-corrected chi connectivity index (χ3v) is 3.33. The van der Waals surface area contributed by atoms with E-state index >= 15 is 0 Å². The van der Waals surface area contributed by atoms with Gasteiger partial charge in [-0.1, -0.05) is 17.7 Å². The van der Waals surface area contributed by atoms with Crippen LogP contribution in [0, 0.1) is 11.6 Å². The Morgan fingerprint density at radius 1 is 1.23 bits per heavy atom. The molecule has 0 aliphatic rings. The van der Waals surface area contributed by atoms with Gasteiger partial charge in [-0.15, -0.1) is 0 Å². The second kappa shape index (κ2) is 5.73. The van der Waals surface area contributed by atoms with Crippen LogP contribution in [-0.4, -0.2) is 15.3 Å². The van der Waals surface area contributed by atoms with E-state index in [1.165, 1.54) is 12.3 Å². The number of nitrogens with one attached hydrogen (secondary N) is 1. The summed E-state index contributed by atoms with van der Waals surface area (Å²) in [5.74, 6) is -1.82. The molecule has 3 rings (SSSR count). The number of nitrogens with zero attached hydrogens (tertiary/aromatic N) is 2.